The molecule has 17 heavy (non-hydrogen) atoms. The zero-order valence-electron chi connectivity index (χ0n) is 9.92. The molecule has 0 aliphatic carbocycles. The van der Waals surface area contributed by atoms with Gasteiger partial charge in [-0.25, -0.2) is 0 Å². The van der Waals surface area contributed by atoms with E-state index in [2.05, 4.69) is 24.2 Å². The van der Waals surface area contributed by atoms with Crippen LogP contribution in [-0.4, -0.2) is 22.6 Å². The number of nitrogens with zero attached hydrogens (tertiary/aromatic N) is 1. The SMILES string of the molecule is CC1=CSC(C)N1CC(=O)c1ccccc1.Cl. The van der Waals surface area contributed by atoms with E-state index < -0.39 is 0 Å². The van der Waals surface area contributed by atoms with Crippen molar-refractivity contribution in [2.24, 2.45) is 0 Å². The van der Waals surface area contributed by atoms with Crippen molar-refractivity contribution in [1.82, 2.24) is 4.90 Å². The Bertz CT molecular complexity index is 419. The van der Waals surface area contributed by atoms with Gasteiger partial charge in [-0.2, -0.15) is 0 Å². The first kappa shape index (κ1) is 14.1. The van der Waals surface area contributed by atoms with Crippen LogP contribution in [0.5, 0.6) is 0 Å². The number of benzene rings is 1. The van der Waals surface area contributed by atoms with Gasteiger partial charge >= 0.3 is 0 Å². The molecule has 0 bridgehead atoms. The molecule has 1 aliphatic rings. The second-order valence-corrected chi connectivity index (χ2v) is 5.10. The minimum Gasteiger partial charge on any atom is -0.355 e. The van der Waals surface area contributed by atoms with E-state index in [0.29, 0.717) is 11.9 Å². The first-order chi connectivity index (χ1) is 7.68. The van der Waals surface area contributed by atoms with Crippen molar-refractivity contribution in [1.29, 1.82) is 0 Å². The highest BCUT2D eigenvalue weighted by atomic mass is 35.5. The molecule has 0 fully saturated rings. The van der Waals surface area contributed by atoms with E-state index in [9.17, 15) is 4.79 Å². The molecule has 1 aromatic rings. The molecular weight excluding hydrogens is 254 g/mol. The van der Waals surface area contributed by atoms with Crippen LogP contribution in [0.15, 0.2) is 41.4 Å². The molecule has 1 heterocycles. The van der Waals surface area contributed by atoms with E-state index in [4.69, 9.17) is 0 Å². The lowest BCUT2D eigenvalue weighted by Crippen LogP contribution is -2.31. The lowest BCUT2D eigenvalue weighted by Gasteiger charge is -2.24. The maximum Gasteiger partial charge on any atom is 0.182 e. The zero-order chi connectivity index (χ0) is 11.5. The fraction of sp³-hybridized carbons (Fsp3) is 0.308. The fourth-order valence-electron chi connectivity index (χ4n) is 1.75. The molecule has 4 heteroatoms. The average molecular weight is 270 g/mol. The maximum absolute atomic E-state index is 12.0. The summed E-state index contributed by atoms with van der Waals surface area (Å²) in [6.45, 7) is 4.64. The molecule has 2 rings (SSSR count). The molecule has 1 unspecified atom stereocenters. The van der Waals surface area contributed by atoms with Crippen LogP contribution < -0.4 is 0 Å². The summed E-state index contributed by atoms with van der Waals surface area (Å²) >= 11 is 1.76. The molecular formula is C13H16ClNOS. The summed E-state index contributed by atoms with van der Waals surface area (Å²) in [5.74, 6) is 0.183. The summed E-state index contributed by atoms with van der Waals surface area (Å²) in [6.07, 6.45) is 0. The fourth-order valence-corrected chi connectivity index (χ4v) is 2.67. The lowest BCUT2D eigenvalue weighted by molar-refractivity contribution is 0.0948. The van der Waals surface area contributed by atoms with Gasteiger partial charge in [0.25, 0.3) is 0 Å². The molecule has 1 atom stereocenters. The third-order valence-corrected chi connectivity index (χ3v) is 3.86. The molecule has 0 saturated carbocycles. The Hall–Kier alpha value is -0.930. The third-order valence-electron chi connectivity index (χ3n) is 2.74. The minimum atomic E-state index is 0. The van der Waals surface area contributed by atoms with Crippen LogP contribution in [0.1, 0.15) is 24.2 Å². The van der Waals surface area contributed by atoms with E-state index in [1.165, 1.54) is 5.70 Å². The number of hydrogen-bond donors (Lipinski definition) is 0. The van der Waals surface area contributed by atoms with Crippen molar-refractivity contribution >= 4 is 30.0 Å². The highest BCUT2D eigenvalue weighted by Gasteiger charge is 2.22. The summed E-state index contributed by atoms with van der Waals surface area (Å²) < 4.78 is 0. The molecule has 1 aliphatic heterocycles. The van der Waals surface area contributed by atoms with Gasteiger partial charge in [0.15, 0.2) is 5.78 Å². The van der Waals surface area contributed by atoms with Gasteiger partial charge in [0.1, 0.15) is 0 Å². The Morgan fingerprint density at radius 1 is 1.35 bits per heavy atom. The van der Waals surface area contributed by atoms with Crippen LogP contribution in [-0.2, 0) is 0 Å². The number of thioether (sulfide) groups is 1. The van der Waals surface area contributed by atoms with E-state index in [-0.39, 0.29) is 18.2 Å². The van der Waals surface area contributed by atoms with Crippen molar-refractivity contribution in [3.8, 4) is 0 Å². The van der Waals surface area contributed by atoms with Gasteiger partial charge in [-0.3, -0.25) is 4.79 Å². The zero-order valence-corrected chi connectivity index (χ0v) is 11.6. The normalized spacial score (nSPS) is 18.6. The number of carbonyl (C=O) groups is 1. The van der Waals surface area contributed by atoms with Crippen molar-refractivity contribution in [3.05, 3.63) is 47.0 Å². The van der Waals surface area contributed by atoms with Crippen LogP contribution in [0.25, 0.3) is 0 Å². The number of carbonyl (C=O) groups excluding carboxylic acids is 1. The summed E-state index contributed by atoms with van der Waals surface area (Å²) in [4.78, 5) is 14.2. The van der Waals surface area contributed by atoms with Crippen LogP contribution in [0.3, 0.4) is 0 Å². The number of allylic oxidation sites excluding steroid dienone is 1. The van der Waals surface area contributed by atoms with Gasteiger partial charge in [0.05, 0.1) is 11.9 Å². The molecule has 0 N–H and O–H groups in total. The van der Waals surface area contributed by atoms with Crippen molar-refractivity contribution in [2.45, 2.75) is 19.2 Å². The number of ketones is 1. The molecule has 92 valence electrons. The van der Waals surface area contributed by atoms with Gasteiger partial charge in [-0.05, 0) is 19.3 Å². The van der Waals surface area contributed by atoms with Crippen molar-refractivity contribution in [2.75, 3.05) is 6.54 Å². The van der Waals surface area contributed by atoms with Gasteiger partial charge < -0.3 is 4.90 Å². The van der Waals surface area contributed by atoms with Gasteiger partial charge in [-0.15, -0.1) is 24.2 Å². The Labute approximate surface area is 112 Å². The highest BCUT2D eigenvalue weighted by Crippen LogP contribution is 2.29. The van der Waals surface area contributed by atoms with Gasteiger partial charge in [0.2, 0.25) is 0 Å². The molecule has 0 saturated heterocycles. The van der Waals surface area contributed by atoms with E-state index in [1.54, 1.807) is 11.8 Å². The second-order valence-electron chi connectivity index (χ2n) is 3.91. The number of Topliss-reactive ketones (excluding diaryl/α,β-unsaturated/α-hetero) is 1. The lowest BCUT2D eigenvalue weighted by atomic mass is 10.1. The predicted octanol–water partition coefficient (Wildman–Crippen LogP) is 3.55. The standard InChI is InChI=1S/C13H15NOS.ClH/c1-10-9-16-11(2)14(10)8-13(15)12-6-4-3-5-7-12;/h3-7,9,11H,8H2,1-2H3;1H. The van der Waals surface area contributed by atoms with E-state index in [0.717, 1.165) is 5.56 Å². The minimum absolute atomic E-state index is 0. The molecule has 2 nitrogen and oxygen atoms in total. The smallest absolute Gasteiger partial charge is 0.182 e. The number of hydrogen-bond acceptors (Lipinski definition) is 3. The molecule has 0 spiro atoms. The van der Waals surface area contributed by atoms with Crippen LogP contribution in [0, 0.1) is 0 Å². The summed E-state index contributed by atoms with van der Waals surface area (Å²) in [6, 6.07) is 9.47. The summed E-state index contributed by atoms with van der Waals surface area (Å²) in [5.41, 5.74) is 1.97. The topological polar surface area (TPSA) is 20.3 Å². The first-order valence-corrected chi connectivity index (χ1v) is 6.30. The Balaban J connectivity index is 0.00000144. The monoisotopic (exact) mass is 269 g/mol. The number of halogens is 1. The largest absolute Gasteiger partial charge is 0.355 e. The second kappa shape index (κ2) is 6.12. The van der Waals surface area contributed by atoms with Gasteiger partial charge in [-0.1, -0.05) is 30.3 Å². The van der Waals surface area contributed by atoms with E-state index in [1.807, 2.05) is 30.3 Å². The third kappa shape index (κ3) is 3.27. The van der Waals surface area contributed by atoms with Crippen LogP contribution in [0.2, 0.25) is 0 Å². The Morgan fingerprint density at radius 3 is 2.53 bits per heavy atom. The predicted molar refractivity (Wildman–Crippen MR) is 75.5 cm³/mol. The Morgan fingerprint density at radius 2 is 2.00 bits per heavy atom. The molecule has 0 amide bonds. The van der Waals surface area contributed by atoms with Crippen molar-refractivity contribution in [3.63, 3.8) is 0 Å². The highest BCUT2D eigenvalue weighted by molar-refractivity contribution is 8.02. The van der Waals surface area contributed by atoms with Crippen LogP contribution >= 0.6 is 24.2 Å². The first-order valence-electron chi connectivity index (χ1n) is 5.35. The van der Waals surface area contributed by atoms with E-state index >= 15 is 0 Å². The number of rotatable bonds is 3. The maximum atomic E-state index is 12.0. The van der Waals surface area contributed by atoms with Gasteiger partial charge in [0, 0.05) is 11.3 Å². The summed E-state index contributed by atoms with van der Waals surface area (Å²) in [5, 5.41) is 2.48. The molecule has 0 radical (unpaired) electrons. The van der Waals surface area contributed by atoms with Crippen LogP contribution in [0.4, 0.5) is 0 Å². The average Bonchev–Trinajstić information content (AvgIpc) is 2.62. The molecule has 0 aromatic heterocycles. The molecule has 1 aromatic carbocycles. The quantitative estimate of drug-likeness (QED) is 0.783. The summed E-state index contributed by atoms with van der Waals surface area (Å²) in [7, 11) is 0. The Kier molecular flexibility index (Phi) is 5.09. The van der Waals surface area contributed by atoms with Crippen molar-refractivity contribution < 1.29 is 4.79 Å².